The first-order valence-corrected chi connectivity index (χ1v) is 11.6. The summed E-state index contributed by atoms with van der Waals surface area (Å²) in [7, 11) is -2.89. The van der Waals surface area contributed by atoms with E-state index in [1.165, 1.54) is 17.3 Å². The highest BCUT2D eigenvalue weighted by Crippen LogP contribution is 2.34. The van der Waals surface area contributed by atoms with Crippen molar-refractivity contribution in [2.24, 2.45) is 0 Å². The molecule has 0 saturated carbocycles. The first-order chi connectivity index (χ1) is 12.0. The number of aromatic nitrogens is 2. The number of hydrogen-bond acceptors (Lipinski definition) is 5. The summed E-state index contributed by atoms with van der Waals surface area (Å²) in [6.07, 6.45) is 4.95. The van der Waals surface area contributed by atoms with Crippen LogP contribution in [0.25, 0.3) is 11.3 Å². The fourth-order valence-corrected chi connectivity index (χ4v) is 7.03. The van der Waals surface area contributed by atoms with Gasteiger partial charge in [-0.25, -0.2) is 18.4 Å². The Morgan fingerprint density at radius 3 is 2.56 bits per heavy atom. The van der Waals surface area contributed by atoms with Gasteiger partial charge in [-0.15, -0.1) is 0 Å². The van der Waals surface area contributed by atoms with Gasteiger partial charge in [-0.3, -0.25) is 0 Å². The van der Waals surface area contributed by atoms with E-state index in [-0.39, 0.29) is 16.8 Å². The zero-order chi connectivity index (χ0) is 17.4. The monoisotopic (exact) mass is 394 g/mol. The molecule has 2 aliphatic rings. The van der Waals surface area contributed by atoms with Gasteiger partial charge in [0.1, 0.15) is 0 Å². The van der Waals surface area contributed by atoms with Crippen molar-refractivity contribution in [3.63, 3.8) is 0 Å². The molecule has 1 aliphatic carbocycles. The van der Waals surface area contributed by atoms with Crippen molar-refractivity contribution >= 4 is 33.2 Å². The van der Waals surface area contributed by atoms with Crippen molar-refractivity contribution < 1.29 is 8.42 Å². The highest BCUT2D eigenvalue weighted by molar-refractivity contribution is 8.01. The Morgan fingerprint density at radius 2 is 1.84 bits per heavy atom. The summed E-state index contributed by atoms with van der Waals surface area (Å²) < 4.78 is 23.4. The van der Waals surface area contributed by atoms with Gasteiger partial charge in [-0.2, -0.15) is 0 Å². The Morgan fingerprint density at radius 1 is 1.08 bits per heavy atom. The van der Waals surface area contributed by atoms with Crippen molar-refractivity contribution in [2.45, 2.75) is 42.5 Å². The molecule has 4 nitrogen and oxygen atoms in total. The molecular formula is C18H19ClN2O2S2. The molecule has 0 N–H and O–H groups in total. The third kappa shape index (κ3) is 3.86. The Kier molecular flexibility index (Phi) is 4.77. The van der Waals surface area contributed by atoms with E-state index in [9.17, 15) is 8.42 Å². The van der Waals surface area contributed by atoms with Gasteiger partial charge in [-0.05, 0) is 44.2 Å². The minimum Gasteiger partial charge on any atom is -0.229 e. The smallest absolute Gasteiger partial charge is 0.188 e. The Balaban J connectivity index is 1.71. The molecule has 1 aromatic heterocycles. The van der Waals surface area contributed by atoms with Crippen LogP contribution >= 0.6 is 23.4 Å². The molecule has 0 radical (unpaired) electrons. The molecule has 132 valence electrons. The standard InChI is InChI=1S/C18H19ClN2O2S2/c19-13-7-5-12(6-8-13)17-15-3-1-2-4-16(15)20-18(21-17)24-14-9-10-25(22,23)11-14/h5-8,14H,1-4,9-11H2. The molecule has 2 heterocycles. The fourth-order valence-electron chi connectivity index (χ4n) is 3.47. The molecule has 1 atom stereocenters. The molecule has 4 rings (SSSR count). The van der Waals surface area contributed by atoms with E-state index in [1.54, 1.807) is 0 Å². The highest BCUT2D eigenvalue weighted by Gasteiger charge is 2.30. The van der Waals surface area contributed by atoms with Crippen LogP contribution in [-0.4, -0.2) is 35.1 Å². The maximum absolute atomic E-state index is 11.7. The zero-order valence-electron chi connectivity index (χ0n) is 13.7. The summed E-state index contributed by atoms with van der Waals surface area (Å²) in [6.45, 7) is 0. The molecule has 1 aliphatic heterocycles. The number of hydrogen-bond donors (Lipinski definition) is 0. The number of thioether (sulfide) groups is 1. The van der Waals surface area contributed by atoms with E-state index in [0.717, 1.165) is 42.6 Å². The average Bonchev–Trinajstić information content (AvgIpc) is 2.93. The normalized spacial score (nSPS) is 21.9. The second kappa shape index (κ2) is 6.89. The highest BCUT2D eigenvalue weighted by atomic mass is 35.5. The number of nitrogens with zero attached hydrogens (tertiary/aromatic N) is 2. The number of aryl methyl sites for hydroxylation is 1. The lowest BCUT2D eigenvalue weighted by molar-refractivity contribution is 0.602. The van der Waals surface area contributed by atoms with Gasteiger partial charge < -0.3 is 0 Å². The van der Waals surface area contributed by atoms with Crippen LogP contribution in [0, 0.1) is 0 Å². The van der Waals surface area contributed by atoms with E-state index in [1.807, 2.05) is 24.3 Å². The predicted molar refractivity (Wildman–Crippen MR) is 102 cm³/mol. The quantitative estimate of drug-likeness (QED) is 0.737. The molecule has 0 spiro atoms. The van der Waals surface area contributed by atoms with Gasteiger partial charge >= 0.3 is 0 Å². The summed E-state index contributed by atoms with van der Waals surface area (Å²) in [5.74, 6) is 0.508. The summed E-state index contributed by atoms with van der Waals surface area (Å²) >= 11 is 7.53. The number of rotatable bonds is 3. The van der Waals surface area contributed by atoms with Crippen LogP contribution in [-0.2, 0) is 22.7 Å². The van der Waals surface area contributed by atoms with Crippen molar-refractivity contribution in [1.82, 2.24) is 9.97 Å². The zero-order valence-corrected chi connectivity index (χ0v) is 16.1. The minimum absolute atomic E-state index is 0.0599. The van der Waals surface area contributed by atoms with Crippen LogP contribution in [0.4, 0.5) is 0 Å². The van der Waals surface area contributed by atoms with Crippen LogP contribution in [0.3, 0.4) is 0 Å². The Bertz CT molecular complexity index is 898. The topological polar surface area (TPSA) is 59.9 Å². The second-order valence-corrected chi connectivity index (χ2v) is 10.6. The van der Waals surface area contributed by atoms with Gasteiger partial charge in [-0.1, -0.05) is 35.5 Å². The molecule has 2 aromatic rings. The summed E-state index contributed by atoms with van der Waals surface area (Å²) in [5.41, 5.74) is 4.38. The van der Waals surface area contributed by atoms with E-state index < -0.39 is 9.84 Å². The summed E-state index contributed by atoms with van der Waals surface area (Å²) in [4.78, 5) is 9.57. The Labute approximate surface area is 157 Å². The number of fused-ring (bicyclic) bond motifs is 1. The van der Waals surface area contributed by atoms with Gasteiger partial charge in [0, 0.05) is 27.1 Å². The molecule has 0 bridgehead atoms. The lowest BCUT2D eigenvalue weighted by Crippen LogP contribution is -2.12. The van der Waals surface area contributed by atoms with Crippen LogP contribution in [0.2, 0.25) is 5.02 Å². The lowest BCUT2D eigenvalue weighted by Gasteiger charge is -2.20. The van der Waals surface area contributed by atoms with Gasteiger partial charge in [0.25, 0.3) is 0 Å². The fraction of sp³-hybridized carbons (Fsp3) is 0.444. The number of sulfone groups is 1. The maximum atomic E-state index is 11.7. The third-order valence-corrected chi connectivity index (χ3v) is 8.10. The van der Waals surface area contributed by atoms with Crippen LogP contribution < -0.4 is 0 Å². The first-order valence-electron chi connectivity index (χ1n) is 8.53. The predicted octanol–water partition coefficient (Wildman–Crippen LogP) is 3.96. The first kappa shape index (κ1) is 17.3. The molecule has 1 aromatic carbocycles. The van der Waals surface area contributed by atoms with Crippen molar-refractivity contribution in [3.8, 4) is 11.3 Å². The number of halogens is 1. The molecule has 25 heavy (non-hydrogen) atoms. The molecular weight excluding hydrogens is 376 g/mol. The molecule has 0 amide bonds. The van der Waals surface area contributed by atoms with Gasteiger partial charge in [0.05, 0.1) is 17.2 Å². The van der Waals surface area contributed by atoms with E-state index in [0.29, 0.717) is 16.6 Å². The average molecular weight is 395 g/mol. The SMILES string of the molecule is O=S1(=O)CCC(Sc2nc3c(c(-c4ccc(Cl)cc4)n2)CCCC3)C1. The molecule has 7 heteroatoms. The van der Waals surface area contributed by atoms with Gasteiger partial charge in [0.2, 0.25) is 0 Å². The third-order valence-electron chi connectivity index (χ3n) is 4.74. The lowest BCUT2D eigenvalue weighted by atomic mass is 9.92. The molecule has 1 fully saturated rings. The van der Waals surface area contributed by atoms with Crippen LogP contribution in [0.5, 0.6) is 0 Å². The molecule has 1 saturated heterocycles. The maximum Gasteiger partial charge on any atom is 0.188 e. The second-order valence-electron chi connectivity index (χ2n) is 6.64. The summed E-state index contributed by atoms with van der Waals surface area (Å²) in [6, 6.07) is 7.75. The van der Waals surface area contributed by atoms with Crippen LogP contribution in [0.15, 0.2) is 29.4 Å². The number of benzene rings is 1. The van der Waals surface area contributed by atoms with Gasteiger partial charge in [0.15, 0.2) is 15.0 Å². The van der Waals surface area contributed by atoms with E-state index in [4.69, 9.17) is 21.6 Å². The largest absolute Gasteiger partial charge is 0.229 e. The van der Waals surface area contributed by atoms with E-state index >= 15 is 0 Å². The Hall–Kier alpha value is -1.11. The molecule has 1 unspecified atom stereocenters. The summed E-state index contributed by atoms with van der Waals surface area (Å²) in [5, 5.41) is 1.47. The van der Waals surface area contributed by atoms with Crippen molar-refractivity contribution in [1.29, 1.82) is 0 Å². The minimum atomic E-state index is -2.89. The van der Waals surface area contributed by atoms with Crippen LogP contribution in [0.1, 0.15) is 30.5 Å². The van der Waals surface area contributed by atoms with E-state index in [2.05, 4.69) is 0 Å². The van der Waals surface area contributed by atoms with Crippen molar-refractivity contribution in [2.75, 3.05) is 11.5 Å². The van der Waals surface area contributed by atoms with Crippen molar-refractivity contribution in [3.05, 3.63) is 40.5 Å².